The number of nitrogens with one attached hydrogen (secondary N) is 1. The maximum absolute atomic E-state index is 8.58. The van der Waals surface area contributed by atoms with Crippen LogP contribution in [0.15, 0.2) is 103 Å². The minimum atomic E-state index is 0.250. The number of amides is 1. The van der Waals surface area contributed by atoms with Crippen molar-refractivity contribution < 1.29 is 9.59 Å². The van der Waals surface area contributed by atoms with Gasteiger partial charge in [0.1, 0.15) is 6.79 Å². The number of fused-ring (bicyclic) bond motifs is 1. The fourth-order valence-electron chi connectivity index (χ4n) is 6.16. The van der Waals surface area contributed by atoms with E-state index in [1.54, 1.807) is 0 Å². The summed E-state index contributed by atoms with van der Waals surface area (Å²) >= 11 is 0. The Kier molecular flexibility index (Phi) is 20.4. The number of rotatable bonds is 15. The largest absolute Gasteiger partial charge is 0.372 e. The first kappa shape index (κ1) is 42.5. The van der Waals surface area contributed by atoms with Gasteiger partial charge in [-0.3, -0.25) is 9.69 Å². The summed E-state index contributed by atoms with van der Waals surface area (Å²) in [7, 11) is 4.22. The average molecular weight is 693 g/mol. The van der Waals surface area contributed by atoms with Gasteiger partial charge in [-0.15, -0.1) is 0 Å². The lowest BCUT2D eigenvalue weighted by atomic mass is 9.88. The molecule has 8 nitrogen and oxygen atoms in total. The van der Waals surface area contributed by atoms with E-state index < -0.39 is 0 Å². The normalized spacial score (nSPS) is 12.0. The number of carbonyl (C=O) groups is 2. The van der Waals surface area contributed by atoms with E-state index in [2.05, 4.69) is 144 Å². The van der Waals surface area contributed by atoms with Crippen molar-refractivity contribution in [3.63, 3.8) is 0 Å². The van der Waals surface area contributed by atoms with E-state index in [9.17, 15) is 0 Å². The molecule has 0 radical (unpaired) electrons. The van der Waals surface area contributed by atoms with Crippen molar-refractivity contribution in [2.24, 2.45) is 5.73 Å². The van der Waals surface area contributed by atoms with Crippen molar-refractivity contribution in [2.75, 3.05) is 40.3 Å². The highest BCUT2D eigenvalue weighted by Gasteiger charge is 2.25. The van der Waals surface area contributed by atoms with Gasteiger partial charge in [0.15, 0.2) is 0 Å². The quantitative estimate of drug-likeness (QED) is 0.130. The monoisotopic (exact) mass is 692 g/mol. The van der Waals surface area contributed by atoms with Crippen LogP contribution in [0.4, 0.5) is 0 Å². The zero-order valence-electron chi connectivity index (χ0n) is 31.8. The van der Waals surface area contributed by atoms with E-state index in [4.69, 9.17) is 14.7 Å². The number of likely N-dealkylation sites (N-methyl/N-ethyl adjacent to an activating group) is 2. The third-order valence-electron chi connectivity index (χ3n) is 8.73. The molecule has 1 aliphatic carbocycles. The molecular weight excluding hydrogens is 633 g/mol. The summed E-state index contributed by atoms with van der Waals surface area (Å²) in [6.45, 7) is 16.3. The van der Waals surface area contributed by atoms with E-state index in [1.165, 1.54) is 44.8 Å². The molecule has 3 N–H and O–H groups in total. The van der Waals surface area contributed by atoms with Gasteiger partial charge >= 0.3 is 0 Å². The molecule has 0 aliphatic heterocycles. The van der Waals surface area contributed by atoms with Crippen molar-refractivity contribution in [1.82, 2.24) is 24.9 Å². The van der Waals surface area contributed by atoms with Gasteiger partial charge in [-0.05, 0) is 81.6 Å². The molecule has 0 spiro atoms. The Morgan fingerprint density at radius 1 is 0.843 bits per heavy atom. The number of nitrogens with two attached hydrogens (primary N) is 1. The smallest absolute Gasteiger partial charge is 0.204 e. The number of nitrogens with zero attached hydrogens (tertiary/aromatic N) is 4. The molecule has 1 aromatic heterocycles. The maximum atomic E-state index is 8.58. The molecule has 1 heterocycles. The molecular formula is C43H60N6O2. The van der Waals surface area contributed by atoms with E-state index >= 15 is 0 Å². The first-order chi connectivity index (χ1) is 25.0. The molecule has 0 saturated carbocycles. The molecule has 1 aliphatic rings. The van der Waals surface area contributed by atoms with Crippen molar-refractivity contribution in [2.45, 2.75) is 66.5 Å². The highest BCUT2D eigenvalue weighted by Crippen LogP contribution is 2.36. The molecule has 3 aromatic carbocycles. The predicted molar refractivity (Wildman–Crippen MR) is 214 cm³/mol. The van der Waals surface area contributed by atoms with Crippen molar-refractivity contribution in [3.05, 3.63) is 136 Å². The summed E-state index contributed by atoms with van der Waals surface area (Å²) < 4.78 is 2.22. The molecule has 0 fully saturated rings. The second-order valence-electron chi connectivity index (χ2n) is 12.3. The first-order valence-corrected chi connectivity index (χ1v) is 18.1. The third kappa shape index (κ3) is 13.5. The summed E-state index contributed by atoms with van der Waals surface area (Å²) in [6.07, 6.45) is 8.82. The Labute approximate surface area is 307 Å². The Morgan fingerprint density at radius 3 is 1.94 bits per heavy atom. The van der Waals surface area contributed by atoms with Crippen molar-refractivity contribution in [1.29, 1.82) is 0 Å². The van der Waals surface area contributed by atoms with Crippen LogP contribution in [0.2, 0.25) is 0 Å². The van der Waals surface area contributed by atoms with Crippen LogP contribution in [-0.2, 0) is 41.9 Å². The Balaban J connectivity index is 0.00000120. The number of aromatic nitrogens is 2. The van der Waals surface area contributed by atoms with Gasteiger partial charge < -0.3 is 20.7 Å². The zero-order valence-corrected chi connectivity index (χ0v) is 31.8. The van der Waals surface area contributed by atoms with Crippen LogP contribution in [0.25, 0.3) is 11.3 Å². The van der Waals surface area contributed by atoms with E-state index in [0.717, 1.165) is 70.6 Å². The van der Waals surface area contributed by atoms with Crippen LogP contribution >= 0.6 is 0 Å². The summed E-state index contributed by atoms with van der Waals surface area (Å²) in [5, 5.41) is 8.54. The summed E-state index contributed by atoms with van der Waals surface area (Å²) in [4.78, 5) is 21.5. The fourth-order valence-corrected chi connectivity index (χ4v) is 6.16. The van der Waals surface area contributed by atoms with Crippen molar-refractivity contribution in [3.8, 4) is 5.69 Å². The lowest BCUT2D eigenvalue weighted by Gasteiger charge is -2.23. The molecule has 8 heteroatoms. The zero-order chi connectivity index (χ0) is 37.4. The van der Waals surface area contributed by atoms with E-state index in [0.29, 0.717) is 0 Å². The van der Waals surface area contributed by atoms with Gasteiger partial charge in [0.2, 0.25) is 6.41 Å². The molecule has 1 amide bonds. The molecule has 5 rings (SSSR count). The first-order valence-electron chi connectivity index (χ1n) is 18.1. The molecule has 0 atom stereocenters. The number of benzene rings is 3. The van der Waals surface area contributed by atoms with Crippen LogP contribution in [0, 0.1) is 0 Å². The number of allylic oxidation sites excluding steroid dienone is 4. The molecule has 4 aromatic rings. The highest BCUT2D eigenvalue weighted by atomic mass is 16.1. The minimum absolute atomic E-state index is 0.250. The van der Waals surface area contributed by atoms with E-state index in [-0.39, 0.29) is 6.41 Å². The summed E-state index contributed by atoms with van der Waals surface area (Å²) in [5.74, 6) is 0. The van der Waals surface area contributed by atoms with Gasteiger partial charge in [0, 0.05) is 51.3 Å². The Hall–Kier alpha value is -4.63. The van der Waals surface area contributed by atoms with E-state index in [1.807, 2.05) is 27.7 Å². The molecule has 0 unspecified atom stereocenters. The SMILES string of the molecule is C/C=C\C1=C(C)CCc2c(CCN(C)CCNC)nn(-c3ccc(CCN(Cc4ccccc4)Cc4ccccc4)cc3)c21.C=O.CC.NC=O. The second kappa shape index (κ2) is 24.5. The van der Waals surface area contributed by atoms with Gasteiger partial charge in [0.05, 0.1) is 17.1 Å². The topological polar surface area (TPSA) is 96.5 Å². The number of hydrogen-bond acceptors (Lipinski definition) is 6. The second-order valence-corrected chi connectivity index (χ2v) is 12.3. The number of primary amides is 1. The van der Waals surface area contributed by atoms with Crippen LogP contribution in [0.5, 0.6) is 0 Å². The third-order valence-corrected chi connectivity index (χ3v) is 8.73. The lowest BCUT2D eigenvalue weighted by Crippen LogP contribution is -2.29. The predicted octanol–water partition coefficient (Wildman–Crippen LogP) is 7.05. The fraction of sp³-hybridized carbons (Fsp3) is 0.372. The molecule has 51 heavy (non-hydrogen) atoms. The number of hydrogen-bond donors (Lipinski definition) is 2. The minimum Gasteiger partial charge on any atom is -0.372 e. The van der Waals surface area contributed by atoms with Crippen LogP contribution in [-0.4, -0.2) is 73.1 Å². The van der Waals surface area contributed by atoms with Gasteiger partial charge in [-0.2, -0.15) is 5.10 Å². The van der Waals surface area contributed by atoms with Gasteiger partial charge in [0.25, 0.3) is 0 Å². The standard InChI is InChI=1S/C39H49N5.C2H6.CH3NO.CH2O/c1-5-12-36-31(2)17-22-37-38(24-26-42(4)28-25-40-3)41-44(39(36)37)35-20-18-32(19-21-35)23-27-43(29-33-13-8-6-9-14-33)30-34-15-10-7-11-16-34;1-2;2-1-3;1-2/h5-16,18-21,40H,17,22-30H2,1-4H3;1-2H3;1H,(H2,2,3);1H2/b12-5-;;;. The summed E-state index contributed by atoms with van der Waals surface area (Å²) in [6, 6.07) is 30.8. The van der Waals surface area contributed by atoms with Crippen LogP contribution in [0.1, 0.15) is 67.8 Å². The van der Waals surface area contributed by atoms with Gasteiger partial charge in [-0.25, -0.2) is 4.68 Å². The Morgan fingerprint density at radius 2 is 1.41 bits per heavy atom. The summed E-state index contributed by atoms with van der Waals surface area (Å²) in [5.41, 5.74) is 16.1. The van der Waals surface area contributed by atoms with Crippen LogP contribution < -0.4 is 11.1 Å². The van der Waals surface area contributed by atoms with Crippen LogP contribution in [0.3, 0.4) is 0 Å². The molecule has 274 valence electrons. The highest BCUT2D eigenvalue weighted by molar-refractivity contribution is 5.79. The molecule has 0 bridgehead atoms. The average Bonchev–Trinajstić information content (AvgIpc) is 3.55. The number of carbonyl (C=O) groups excluding carboxylic acids is 2. The van der Waals surface area contributed by atoms with Gasteiger partial charge in [-0.1, -0.05) is 104 Å². The lowest BCUT2D eigenvalue weighted by molar-refractivity contribution is -0.107. The maximum Gasteiger partial charge on any atom is 0.204 e. The van der Waals surface area contributed by atoms with Crippen molar-refractivity contribution >= 4 is 18.8 Å². The molecule has 0 saturated heterocycles. The Bertz CT molecular complexity index is 1560.